The lowest BCUT2D eigenvalue weighted by atomic mass is 9.86. The monoisotopic (exact) mass is 258 g/mol. The number of aliphatic hydroxyl groups is 1. The standard InChI is InChI=1S/C15H18N2O2/c16-11-15(8-4-5-9-15)14(19)17-13(10-18)12-6-2-1-3-7-12/h1-3,6-7,13,18H,4-5,8-10H2,(H,17,19)/t13-/m0/s1. The number of carbonyl (C=O) groups is 1. The minimum atomic E-state index is -0.901. The summed E-state index contributed by atoms with van der Waals surface area (Å²) in [5.41, 5.74) is -0.0493. The van der Waals surface area contributed by atoms with Crippen LogP contribution in [-0.2, 0) is 4.79 Å². The molecule has 1 fully saturated rings. The van der Waals surface area contributed by atoms with E-state index < -0.39 is 11.5 Å². The zero-order valence-corrected chi connectivity index (χ0v) is 10.8. The van der Waals surface area contributed by atoms with Crippen LogP contribution in [0.25, 0.3) is 0 Å². The number of carbonyl (C=O) groups excluding carboxylic acids is 1. The first-order valence-corrected chi connectivity index (χ1v) is 6.60. The van der Waals surface area contributed by atoms with Crippen molar-refractivity contribution in [2.24, 2.45) is 5.41 Å². The van der Waals surface area contributed by atoms with Crippen molar-refractivity contribution >= 4 is 5.91 Å². The van der Waals surface area contributed by atoms with Gasteiger partial charge in [-0.05, 0) is 18.4 Å². The average Bonchev–Trinajstić information content (AvgIpc) is 2.95. The lowest BCUT2D eigenvalue weighted by Gasteiger charge is -2.24. The highest BCUT2D eigenvalue weighted by molar-refractivity contribution is 5.86. The van der Waals surface area contributed by atoms with Gasteiger partial charge in [0.05, 0.1) is 18.7 Å². The molecule has 0 saturated heterocycles. The number of aliphatic hydroxyl groups excluding tert-OH is 1. The van der Waals surface area contributed by atoms with E-state index in [1.807, 2.05) is 30.3 Å². The summed E-state index contributed by atoms with van der Waals surface area (Å²) in [6.07, 6.45) is 3.05. The van der Waals surface area contributed by atoms with E-state index >= 15 is 0 Å². The van der Waals surface area contributed by atoms with Gasteiger partial charge in [-0.15, -0.1) is 0 Å². The van der Waals surface area contributed by atoms with E-state index in [4.69, 9.17) is 0 Å². The molecule has 1 aliphatic rings. The molecule has 4 nitrogen and oxygen atoms in total. The number of amides is 1. The molecular weight excluding hydrogens is 240 g/mol. The first-order valence-electron chi connectivity index (χ1n) is 6.60. The Morgan fingerprint density at radius 3 is 2.53 bits per heavy atom. The molecule has 2 N–H and O–H groups in total. The number of benzene rings is 1. The third-order valence-corrected chi connectivity index (χ3v) is 3.80. The third kappa shape index (κ3) is 2.77. The van der Waals surface area contributed by atoms with E-state index in [1.54, 1.807) is 0 Å². The van der Waals surface area contributed by atoms with Gasteiger partial charge in [0, 0.05) is 0 Å². The quantitative estimate of drug-likeness (QED) is 0.866. The molecule has 0 unspecified atom stereocenters. The lowest BCUT2D eigenvalue weighted by molar-refractivity contribution is -0.129. The van der Waals surface area contributed by atoms with Crippen molar-refractivity contribution in [1.82, 2.24) is 5.32 Å². The summed E-state index contributed by atoms with van der Waals surface area (Å²) in [6.45, 7) is -0.169. The Morgan fingerprint density at radius 1 is 1.37 bits per heavy atom. The highest BCUT2D eigenvalue weighted by Crippen LogP contribution is 2.38. The average molecular weight is 258 g/mol. The molecule has 1 aliphatic carbocycles. The van der Waals surface area contributed by atoms with Gasteiger partial charge in [0.1, 0.15) is 5.41 Å². The van der Waals surface area contributed by atoms with E-state index in [0.717, 1.165) is 18.4 Å². The van der Waals surface area contributed by atoms with Gasteiger partial charge in [-0.1, -0.05) is 43.2 Å². The minimum absolute atomic E-state index is 0.169. The van der Waals surface area contributed by atoms with Gasteiger partial charge in [-0.2, -0.15) is 5.26 Å². The van der Waals surface area contributed by atoms with Crippen LogP contribution in [0, 0.1) is 16.7 Å². The van der Waals surface area contributed by atoms with E-state index in [2.05, 4.69) is 11.4 Å². The first-order chi connectivity index (χ1) is 9.22. The fraction of sp³-hybridized carbons (Fsp3) is 0.467. The molecule has 2 rings (SSSR count). The maximum atomic E-state index is 12.3. The van der Waals surface area contributed by atoms with E-state index in [9.17, 15) is 15.2 Å². The summed E-state index contributed by atoms with van der Waals surface area (Å²) in [6, 6.07) is 11.0. The molecule has 0 radical (unpaired) electrons. The highest BCUT2D eigenvalue weighted by atomic mass is 16.3. The Labute approximate surface area is 113 Å². The molecule has 0 heterocycles. The van der Waals surface area contributed by atoms with Crippen molar-refractivity contribution in [3.63, 3.8) is 0 Å². The predicted molar refractivity (Wildman–Crippen MR) is 70.9 cm³/mol. The number of rotatable bonds is 4. The van der Waals surface area contributed by atoms with Crippen LogP contribution in [0.15, 0.2) is 30.3 Å². The summed E-state index contributed by atoms with van der Waals surface area (Å²) in [5, 5.41) is 21.5. The second-order valence-electron chi connectivity index (χ2n) is 5.02. The summed E-state index contributed by atoms with van der Waals surface area (Å²) >= 11 is 0. The number of nitriles is 1. The van der Waals surface area contributed by atoms with E-state index in [1.165, 1.54) is 0 Å². The minimum Gasteiger partial charge on any atom is -0.394 e. The van der Waals surface area contributed by atoms with Crippen LogP contribution >= 0.6 is 0 Å². The molecular formula is C15H18N2O2. The smallest absolute Gasteiger partial charge is 0.241 e. The Bertz CT molecular complexity index is 473. The highest BCUT2D eigenvalue weighted by Gasteiger charge is 2.42. The fourth-order valence-corrected chi connectivity index (χ4v) is 2.58. The van der Waals surface area contributed by atoms with Crippen molar-refractivity contribution in [2.45, 2.75) is 31.7 Å². The molecule has 0 spiro atoms. The fourth-order valence-electron chi connectivity index (χ4n) is 2.58. The normalized spacial score (nSPS) is 18.5. The maximum absolute atomic E-state index is 12.3. The summed E-state index contributed by atoms with van der Waals surface area (Å²) in [4.78, 5) is 12.3. The third-order valence-electron chi connectivity index (χ3n) is 3.80. The van der Waals surface area contributed by atoms with Gasteiger partial charge in [-0.3, -0.25) is 4.79 Å². The summed E-state index contributed by atoms with van der Waals surface area (Å²) < 4.78 is 0. The van der Waals surface area contributed by atoms with Gasteiger partial charge >= 0.3 is 0 Å². The predicted octanol–water partition coefficient (Wildman–Crippen LogP) is 1.92. The van der Waals surface area contributed by atoms with Crippen molar-refractivity contribution in [2.75, 3.05) is 6.61 Å². The summed E-state index contributed by atoms with van der Waals surface area (Å²) in [7, 11) is 0. The Kier molecular flexibility index (Phi) is 4.18. The Morgan fingerprint density at radius 2 is 2.00 bits per heavy atom. The van der Waals surface area contributed by atoms with Crippen molar-refractivity contribution in [1.29, 1.82) is 5.26 Å². The molecule has 4 heteroatoms. The molecule has 100 valence electrons. The molecule has 0 aromatic heterocycles. The molecule has 1 atom stereocenters. The first kappa shape index (κ1) is 13.6. The second-order valence-corrected chi connectivity index (χ2v) is 5.02. The molecule has 1 aromatic rings. The number of nitrogens with one attached hydrogen (secondary N) is 1. The van der Waals surface area contributed by atoms with Crippen LogP contribution in [0.2, 0.25) is 0 Å². The molecule has 1 aromatic carbocycles. The number of hydrogen-bond donors (Lipinski definition) is 2. The van der Waals surface area contributed by atoms with Gasteiger partial charge in [0.25, 0.3) is 0 Å². The van der Waals surface area contributed by atoms with Crippen LogP contribution in [0.5, 0.6) is 0 Å². The number of hydrogen-bond acceptors (Lipinski definition) is 3. The van der Waals surface area contributed by atoms with Crippen molar-refractivity contribution in [3.05, 3.63) is 35.9 Å². The summed E-state index contributed by atoms with van der Waals surface area (Å²) in [5.74, 6) is -0.254. The van der Waals surface area contributed by atoms with Crippen LogP contribution in [0.3, 0.4) is 0 Å². The van der Waals surface area contributed by atoms with Crippen molar-refractivity contribution in [3.8, 4) is 6.07 Å². The van der Waals surface area contributed by atoms with Crippen LogP contribution < -0.4 is 5.32 Å². The zero-order valence-electron chi connectivity index (χ0n) is 10.8. The second kappa shape index (κ2) is 5.85. The topological polar surface area (TPSA) is 73.1 Å². The Hall–Kier alpha value is -1.86. The molecule has 0 bridgehead atoms. The van der Waals surface area contributed by atoms with Crippen LogP contribution in [0.4, 0.5) is 0 Å². The van der Waals surface area contributed by atoms with Gasteiger partial charge in [0.15, 0.2) is 0 Å². The van der Waals surface area contributed by atoms with Gasteiger partial charge < -0.3 is 10.4 Å². The molecule has 1 saturated carbocycles. The molecule has 1 amide bonds. The SMILES string of the molecule is N#CC1(C(=O)N[C@@H](CO)c2ccccc2)CCCC1. The van der Waals surface area contributed by atoms with Gasteiger partial charge in [0.2, 0.25) is 5.91 Å². The molecule has 19 heavy (non-hydrogen) atoms. The van der Waals surface area contributed by atoms with Gasteiger partial charge in [-0.25, -0.2) is 0 Å². The van der Waals surface area contributed by atoms with Crippen LogP contribution in [-0.4, -0.2) is 17.6 Å². The van der Waals surface area contributed by atoms with E-state index in [-0.39, 0.29) is 12.5 Å². The maximum Gasteiger partial charge on any atom is 0.241 e. The number of nitrogens with zero attached hydrogens (tertiary/aromatic N) is 1. The Balaban J connectivity index is 2.11. The van der Waals surface area contributed by atoms with Crippen LogP contribution in [0.1, 0.15) is 37.3 Å². The lowest BCUT2D eigenvalue weighted by Crippen LogP contribution is -2.41. The van der Waals surface area contributed by atoms with Crippen molar-refractivity contribution < 1.29 is 9.90 Å². The van der Waals surface area contributed by atoms with E-state index in [0.29, 0.717) is 12.8 Å². The zero-order chi connectivity index (χ0) is 13.7. The largest absolute Gasteiger partial charge is 0.394 e. The molecule has 0 aliphatic heterocycles.